The lowest BCUT2D eigenvalue weighted by Crippen LogP contribution is -2.65. The van der Waals surface area contributed by atoms with Crippen LogP contribution in [0.25, 0.3) is 0 Å². The number of amides is 4. The molecular formula is C25H28ClN5O4. The van der Waals surface area contributed by atoms with Gasteiger partial charge in [-0.25, -0.2) is 9.80 Å². The molecule has 2 heterocycles. The van der Waals surface area contributed by atoms with E-state index in [1.54, 1.807) is 28.0 Å². The van der Waals surface area contributed by atoms with Crippen LogP contribution in [0.15, 0.2) is 48.5 Å². The van der Waals surface area contributed by atoms with Gasteiger partial charge in [0.1, 0.15) is 12.3 Å². The number of hydrogen-bond acceptors (Lipinski definition) is 5. The van der Waals surface area contributed by atoms with Gasteiger partial charge in [0, 0.05) is 17.6 Å². The number of anilines is 1. The van der Waals surface area contributed by atoms with Gasteiger partial charge < -0.3 is 15.0 Å². The molecule has 0 spiro atoms. The Bertz CT molecular complexity index is 1130. The number of hydrazine groups is 1. The molecule has 2 N–H and O–H groups in total. The maximum atomic E-state index is 13.5. The molecular weight excluding hydrogens is 470 g/mol. The molecule has 9 nitrogen and oxygen atoms in total. The Morgan fingerprint density at radius 3 is 2.69 bits per heavy atom. The van der Waals surface area contributed by atoms with E-state index in [9.17, 15) is 14.4 Å². The minimum atomic E-state index is -0.636. The van der Waals surface area contributed by atoms with Crippen LogP contribution in [0.4, 0.5) is 10.5 Å². The lowest BCUT2D eigenvalue weighted by atomic mass is 9.81. The Balaban J connectivity index is 1.36. The number of methoxy groups -OCH3 is 1. The Morgan fingerprint density at radius 1 is 1.14 bits per heavy atom. The zero-order chi connectivity index (χ0) is 24.5. The number of nitrogens with one attached hydrogen (secondary N) is 2. The largest absolute Gasteiger partial charge is 0.495 e. The maximum absolute atomic E-state index is 13.5. The van der Waals surface area contributed by atoms with Gasteiger partial charge in [0.2, 0.25) is 11.8 Å². The van der Waals surface area contributed by atoms with Crippen LogP contribution in [0.5, 0.6) is 5.75 Å². The highest BCUT2D eigenvalue weighted by molar-refractivity contribution is 6.31. The number of benzene rings is 2. The average Bonchev–Trinajstić information content (AvgIpc) is 3.18. The first-order chi connectivity index (χ1) is 17.0. The zero-order valence-corrected chi connectivity index (χ0v) is 20.2. The molecule has 3 fully saturated rings. The second-order valence-corrected chi connectivity index (χ2v) is 9.52. The molecule has 2 saturated heterocycles. The number of carbonyl (C=O) groups is 3. The van der Waals surface area contributed by atoms with E-state index in [0.29, 0.717) is 23.0 Å². The minimum absolute atomic E-state index is 0.0510. The van der Waals surface area contributed by atoms with E-state index in [4.69, 9.17) is 16.3 Å². The number of rotatable bonds is 6. The molecule has 2 aromatic carbocycles. The summed E-state index contributed by atoms with van der Waals surface area (Å²) in [5.74, 6) is -0.119. The third kappa shape index (κ3) is 4.53. The predicted octanol–water partition coefficient (Wildman–Crippen LogP) is 3.41. The molecule has 0 radical (unpaired) electrons. The molecule has 3 aliphatic rings. The van der Waals surface area contributed by atoms with Gasteiger partial charge in [-0.15, -0.1) is 0 Å². The quantitative estimate of drug-likeness (QED) is 0.638. The van der Waals surface area contributed by atoms with Crippen LogP contribution in [-0.2, 0) is 16.1 Å². The topological polar surface area (TPSA) is 94.2 Å². The second kappa shape index (κ2) is 9.75. The monoisotopic (exact) mass is 497 g/mol. The van der Waals surface area contributed by atoms with Gasteiger partial charge in [-0.3, -0.25) is 14.5 Å². The van der Waals surface area contributed by atoms with Gasteiger partial charge in [0.25, 0.3) is 0 Å². The average molecular weight is 498 g/mol. The summed E-state index contributed by atoms with van der Waals surface area (Å²) in [7, 11) is 1.50. The summed E-state index contributed by atoms with van der Waals surface area (Å²) in [4.78, 5) is 43.3. The minimum Gasteiger partial charge on any atom is -0.495 e. The highest BCUT2D eigenvalue weighted by Crippen LogP contribution is 2.38. The van der Waals surface area contributed by atoms with Gasteiger partial charge in [-0.05, 0) is 36.6 Å². The van der Waals surface area contributed by atoms with E-state index in [0.717, 1.165) is 31.2 Å². The fraction of sp³-hybridized carbons (Fsp3) is 0.400. The van der Waals surface area contributed by atoms with Gasteiger partial charge in [0.05, 0.1) is 18.7 Å². The molecule has 35 heavy (non-hydrogen) atoms. The Morgan fingerprint density at radius 2 is 1.91 bits per heavy atom. The SMILES string of the molecule is COc1ccc(Cl)cc1NC(=O)CN1NC2N(Cc3ccccc3)C(=O)C3CCCCC3N2C1=O. The molecule has 4 amide bonds. The lowest BCUT2D eigenvalue weighted by molar-refractivity contribution is -0.157. The number of hydrogen-bond donors (Lipinski definition) is 2. The van der Waals surface area contributed by atoms with Gasteiger partial charge >= 0.3 is 6.03 Å². The van der Waals surface area contributed by atoms with Gasteiger partial charge in [-0.2, -0.15) is 5.43 Å². The fourth-order valence-corrected chi connectivity index (χ4v) is 5.45. The molecule has 10 heteroatoms. The van der Waals surface area contributed by atoms with E-state index in [2.05, 4.69) is 10.7 Å². The van der Waals surface area contributed by atoms with Crippen molar-refractivity contribution in [3.63, 3.8) is 0 Å². The van der Waals surface area contributed by atoms with Crippen molar-refractivity contribution in [2.75, 3.05) is 19.0 Å². The van der Waals surface area contributed by atoms with Crippen molar-refractivity contribution in [1.82, 2.24) is 20.2 Å². The smallest absolute Gasteiger partial charge is 0.337 e. The van der Waals surface area contributed by atoms with Crippen LogP contribution in [0, 0.1) is 5.92 Å². The highest BCUT2D eigenvalue weighted by Gasteiger charge is 2.54. The first-order valence-electron chi connectivity index (χ1n) is 11.8. The van der Waals surface area contributed by atoms with Crippen molar-refractivity contribution in [3.8, 4) is 5.75 Å². The summed E-state index contributed by atoms with van der Waals surface area (Å²) in [6, 6.07) is 14.2. The Kier molecular flexibility index (Phi) is 6.53. The summed E-state index contributed by atoms with van der Waals surface area (Å²) < 4.78 is 5.29. The van der Waals surface area contributed by atoms with E-state index >= 15 is 0 Å². The number of carbonyl (C=O) groups excluding carboxylic acids is 3. The number of nitrogens with zero attached hydrogens (tertiary/aromatic N) is 3. The van der Waals surface area contributed by atoms with Crippen molar-refractivity contribution >= 4 is 35.1 Å². The first kappa shape index (κ1) is 23.4. The fourth-order valence-electron chi connectivity index (χ4n) is 5.28. The standard InChI is InChI=1S/C25H28ClN5O4/c1-35-21-12-11-17(26)13-19(21)27-22(32)15-30-25(34)31-20-10-6-5-9-18(20)23(33)29(24(31)28-30)14-16-7-3-2-4-8-16/h2-4,7-8,11-13,18,20,24,28H,5-6,9-10,14-15H2,1H3,(H,27,32). The van der Waals surface area contributed by atoms with Gasteiger partial charge in [-0.1, -0.05) is 54.8 Å². The van der Waals surface area contributed by atoms with Crippen molar-refractivity contribution in [2.24, 2.45) is 5.92 Å². The molecule has 5 rings (SSSR count). The molecule has 0 bridgehead atoms. The summed E-state index contributed by atoms with van der Waals surface area (Å²) in [6.07, 6.45) is 2.85. The molecule has 2 aromatic rings. The van der Waals surface area contributed by atoms with E-state index < -0.39 is 12.2 Å². The number of fused-ring (bicyclic) bond motifs is 3. The third-order valence-corrected chi connectivity index (χ3v) is 7.14. The van der Waals surface area contributed by atoms with Gasteiger partial charge in [0.15, 0.2) is 6.29 Å². The van der Waals surface area contributed by atoms with E-state index in [-0.39, 0.29) is 30.4 Å². The lowest BCUT2D eigenvalue weighted by Gasteiger charge is -2.48. The van der Waals surface area contributed by atoms with Crippen LogP contribution in [0.3, 0.4) is 0 Å². The molecule has 0 aromatic heterocycles. The van der Waals surface area contributed by atoms with Crippen molar-refractivity contribution in [3.05, 3.63) is 59.1 Å². The molecule has 1 saturated carbocycles. The van der Waals surface area contributed by atoms with Crippen LogP contribution >= 0.6 is 11.6 Å². The molecule has 184 valence electrons. The first-order valence-corrected chi connectivity index (χ1v) is 12.2. The van der Waals surface area contributed by atoms with Crippen LogP contribution in [-0.4, -0.2) is 58.6 Å². The van der Waals surface area contributed by atoms with Crippen molar-refractivity contribution in [1.29, 1.82) is 0 Å². The van der Waals surface area contributed by atoms with Crippen molar-refractivity contribution in [2.45, 2.75) is 44.6 Å². The Hall–Kier alpha value is -3.30. The highest BCUT2D eigenvalue weighted by atomic mass is 35.5. The molecule has 3 atom stereocenters. The molecule has 1 aliphatic carbocycles. The predicted molar refractivity (Wildman–Crippen MR) is 130 cm³/mol. The maximum Gasteiger partial charge on any atom is 0.337 e. The normalized spacial score (nSPS) is 23.7. The number of halogens is 1. The van der Waals surface area contributed by atoms with Crippen LogP contribution < -0.4 is 15.5 Å². The van der Waals surface area contributed by atoms with E-state index in [1.165, 1.54) is 12.1 Å². The zero-order valence-electron chi connectivity index (χ0n) is 19.4. The third-order valence-electron chi connectivity index (χ3n) is 6.90. The van der Waals surface area contributed by atoms with E-state index in [1.807, 2.05) is 30.3 Å². The summed E-state index contributed by atoms with van der Waals surface area (Å²) in [5, 5.41) is 4.51. The van der Waals surface area contributed by atoms with Crippen LogP contribution in [0.2, 0.25) is 5.02 Å². The second-order valence-electron chi connectivity index (χ2n) is 9.08. The Labute approximate surface area is 208 Å². The van der Waals surface area contributed by atoms with Crippen molar-refractivity contribution < 1.29 is 19.1 Å². The number of ether oxygens (including phenoxy) is 1. The number of urea groups is 1. The molecule has 3 unspecified atom stereocenters. The summed E-state index contributed by atoms with van der Waals surface area (Å²) in [5.41, 5.74) is 4.53. The summed E-state index contributed by atoms with van der Waals surface area (Å²) in [6.45, 7) is 0.149. The summed E-state index contributed by atoms with van der Waals surface area (Å²) >= 11 is 6.07. The molecule has 2 aliphatic heterocycles. The van der Waals surface area contributed by atoms with Crippen LogP contribution in [0.1, 0.15) is 31.2 Å².